The number of nitrogens with two attached hydrogens (primary N) is 1. The highest BCUT2D eigenvalue weighted by Crippen LogP contribution is 2.41. The standard InChI is InChI=1S/C15H25N3O/c1-3-17-14(12-6-4-5-7-12)13(16)15(19)18(17)10(2)11-8-9-11/h10-12H,3-9,16H2,1-2H3. The Balaban J connectivity index is 2.08. The Bertz CT molecular complexity index is 518. The summed E-state index contributed by atoms with van der Waals surface area (Å²) in [7, 11) is 0. The topological polar surface area (TPSA) is 52.9 Å². The van der Waals surface area contributed by atoms with E-state index in [0.29, 0.717) is 23.6 Å². The summed E-state index contributed by atoms with van der Waals surface area (Å²) in [5.41, 5.74) is 7.85. The molecule has 106 valence electrons. The molecule has 1 aromatic heterocycles. The van der Waals surface area contributed by atoms with Crippen LogP contribution in [0.25, 0.3) is 0 Å². The van der Waals surface area contributed by atoms with Crippen molar-refractivity contribution >= 4 is 5.69 Å². The molecule has 1 heterocycles. The van der Waals surface area contributed by atoms with Crippen LogP contribution in [0.2, 0.25) is 0 Å². The molecule has 2 aliphatic carbocycles. The van der Waals surface area contributed by atoms with Crippen LogP contribution in [-0.2, 0) is 6.54 Å². The predicted molar refractivity (Wildman–Crippen MR) is 77.4 cm³/mol. The number of nitrogen functional groups attached to an aromatic ring is 1. The molecule has 0 aromatic carbocycles. The zero-order valence-corrected chi connectivity index (χ0v) is 12.1. The van der Waals surface area contributed by atoms with E-state index in [-0.39, 0.29) is 5.56 Å². The van der Waals surface area contributed by atoms with Crippen LogP contribution < -0.4 is 11.3 Å². The van der Waals surface area contributed by atoms with E-state index in [4.69, 9.17) is 5.73 Å². The molecule has 0 saturated heterocycles. The number of hydrogen-bond donors (Lipinski definition) is 1. The quantitative estimate of drug-likeness (QED) is 0.908. The van der Waals surface area contributed by atoms with E-state index in [2.05, 4.69) is 18.5 Å². The summed E-state index contributed by atoms with van der Waals surface area (Å²) in [5.74, 6) is 1.18. The summed E-state index contributed by atoms with van der Waals surface area (Å²) in [6, 6.07) is 0.296. The van der Waals surface area contributed by atoms with E-state index < -0.39 is 0 Å². The Hall–Kier alpha value is -1.19. The summed E-state index contributed by atoms with van der Waals surface area (Å²) >= 11 is 0. The second-order valence-electron chi connectivity index (χ2n) is 6.22. The van der Waals surface area contributed by atoms with Crippen LogP contribution in [0.5, 0.6) is 0 Å². The van der Waals surface area contributed by atoms with Gasteiger partial charge in [-0.15, -0.1) is 0 Å². The molecule has 0 spiro atoms. The Labute approximate surface area is 114 Å². The van der Waals surface area contributed by atoms with Gasteiger partial charge in [0.25, 0.3) is 5.56 Å². The van der Waals surface area contributed by atoms with Crippen LogP contribution in [0.15, 0.2) is 4.79 Å². The van der Waals surface area contributed by atoms with Crippen LogP contribution in [0.3, 0.4) is 0 Å². The zero-order valence-electron chi connectivity index (χ0n) is 12.1. The summed E-state index contributed by atoms with van der Waals surface area (Å²) in [4.78, 5) is 12.5. The van der Waals surface area contributed by atoms with Gasteiger partial charge >= 0.3 is 0 Å². The number of anilines is 1. The van der Waals surface area contributed by atoms with Gasteiger partial charge in [0.1, 0.15) is 5.69 Å². The number of rotatable bonds is 4. The molecule has 1 aromatic rings. The maximum absolute atomic E-state index is 12.5. The van der Waals surface area contributed by atoms with Crippen molar-refractivity contribution in [3.8, 4) is 0 Å². The van der Waals surface area contributed by atoms with Gasteiger partial charge in [-0.1, -0.05) is 12.8 Å². The fraction of sp³-hybridized carbons (Fsp3) is 0.800. The van der Waals surface area contributed by atoms with Crippen LogP contribution >= 0.6 is 0 Å². The van der Waals surface area contributed by atoms with E-state index in [1.807, 2.05) is 4.68 Å². The summed E-state index contributed by atoms with van der Waals surface area (Å²) < 4.78 is 4.12. The van der Waals surface area contributed by atoms with E-state index in [1.54, 1.807) is 0 Å². The normalized spacial score (nSPS) is 22.0. The minimum absolute atomic E-state index is 0.0446. The van der Waals surface area contributed by atoms with Crippen LogP contribution in [0.1, 0.15) is 70.0 Å². The molecule has 2 N–H and O–H groups in total. The smallest absolute Gasteiger partial charge is 0.290 e. The van der Waals surface area contributed by atoms with Gasteiger partial charge < -0.3 is 5.73 Å². The molecular weight excluding hydrogens is 238 g/mol. The SMILES string of the molecule is CCn1c(C2CCCC2)c(N)c(=O)n1C(C)C1CC1. The second-order valence-corrected chi connectivity index (χ2v) is 6.22. The fourth-order valence-corrected chi connectivity index (χ4v) is 3.73. The molecule has 0 bridgehead atoms. The zero-order chi connectivity index (χ0) is 13.6. The second kappa shape index (κ2) is 4.73. The third-order valence-corrected chi connectivity index (χ3v) is 4.98. The molecular formula is C15H25N3O. The summed E-state index contributed by atoms with van der Waals surface area (Å²) in [6.07, 6.45) is 7.41. The third-order valence-electron chi connectivity index (χ3n) is 4.98. The molecule has 2 fully saturated rings. The van der Waals surface area contributed by atoms with Crippen molar-refractivity contribution in [3.63, 3.8) is 0 Å². The molecule has 3 rings (SSSR count). The van der Waals surface area contributed by atoms with Gasteiger partial charge in [-0.2, -0.15) is 0 Å². The molecule has 0 aliphatic heterocycles. The van der Waals surface area contributed by atoms with Crippen molar-refractivity contribution < 1.29 is 0 Å². The lowest BCUT2D eigenvalue weighted by molar-refractivity contribution is 0.345. The van der Waals surface area contributed by atoms with Gasteiger partial charge in [0.05, 0.1) is 11.7 Å². The average Bonchev–Trinajstić information content (AvgIpc) is 3.07. The highest BCUT2D eigenvalue weighted by atomic mass is 16.1. The molecule has 4 nitrogen and oxygen atoms in total. The highest BCUT2D eigenvalue weighted by molar-refractivity contribution is 5.44. The lowest BCUT2D eigenvalue weighted by Gasteiger charge is -2.20. The van der Waals surface area contributed by atoms with Crippen LogP contribution in [0.4, 0.5) is 5.69 Å². The Morgan fingerprint density at radius 1 is 1.26 bits per heavy atom. The lowest BCUT2D eigenvalue weighted by atomic mass is 10.0. The first kappa shape index (κ1) is 12.8. The maximum atomic E-state index is 12.5. The van der Waals surface area contributed by atoms with Gasteiger partial charge in [-0.25, -0.2) is 4.68 Å². The molecule has 0 amide bonds. The minimum Gasteiger partial charge on any atom is -0.393 e. The highest BCUT2D eigenvalue weighted by Gasteiger charge is 2.34. The Morgan fingerprint density at radius 2 is 1.89 bits per heavy atom. The average molecular weight is 263 g/mol. The number of hydrogen-bond acceptors (Lipinski definition) is 2. The van der Waals surface area contributed by atoms with Crippen molar-refractivity contribution in [2.75, 3.05) is 5.73 Å². The van der Waals surface area contributed by atoms with Crippen molar-refractivity contribution in [2.45, 2.75) is 70.9 Å². The van der Waals surface area contributed by atoms with E-state index in [0.717, 1.165) is 12.2 Å². The summed E-state index contributed by atoms with van der Waals surface area (Å²) in [6.45, 7) is 5.13. The first-order valence-electron chi connectivity index (χ1n) is 7.75. The van der Waals surface area contributed by atoms with Gasteiger partial charge in [-0.05, 0) is 45.4 Å². The van der Waals surface area contributed by atoms with Gasteiger partial charge in [-0.3, -0.25) is 9.48 Å². The first-order valence-corrected chi connectivity index (χ1v) is 7.75. The maximum Gasteiger partial charge on any atom is 0.290 e. The van der Waals surface area contributed by atoms with Crippen molar-refractivity contribution in [1.29, 1.82) is 0 Å². The molecule has 4 heteroatoms. The number of aromatic nitrogens is 2. The number of nitrogens with zero attached hydrogens (tertiary/aromatic N) is 2. The Morgan fingerprint density at radius 3 is 2.42 bits per heavy atom. The molecule has 2 saturated carbocycles. The van der Waals surface area contributed by atoms with E-state index in [1.165, 1.54) is 38.5 Å². The largest absolute Gasteiger partial charge is 0.393 e. The first-order chi connectivity index (χ1) is 9.15. The lowest BCUT2D eigenvalue weighted by Crippen LogP contribution is -2.28. The molecule has 2 aliphatic rings. The minimum atomic E-state index is 0.0446. The third kappa shape index (κ3) is 2.01. The molecule has 1 atom stereocenters. The van der Waals surface area contributed by atoms with E-state index in [9.17, 15) is 4.79 Å². The van der Waals surface area contributed by atoms with Gasteiger partial charge in [0, 0.05) is 12.5 Å². The van der Waals surface area contributed by atoms with Crippen molar-refractivity contribution in [2.24, 2.45) is 5.92 Å². The molecule has 1 unspecified atom stereocenters. The van der Waals surface area contributed by atoms with Gasteiger partial charge in [0.2, 0.25) is 0 Å². The fourth-order valence-electron chi connectivity index (χ4n) is 3.73. The van der Waals surface area contributed by atoms with Crippen molar-refractivity contribution in [3.05, 3.63) is 16.0 Å². The van der Waals surface area contributed by atoms with Crippen LogP contribution in [0, 0.1) is 5.92 Å². The van der Waals surface area contributed by atoms with Crippen LogP contribution in [-0.4, -0.2) is 9.36 Å². The predicted octanol–water partition coefficient (Wildman–Crippen LogP) is 2.88. The monoisotopic (exact) mass is 263 g/mol. The summed E-state index contributed by atoms with van der Waals surface area (Å²) in [5, 5.41) is 0. The molecule has 19 heavy (non-hydrogen) atoms. The van der Waals surface area contributed by atoms with Gasteiger partial charge in [0.15, 0.2) is 0 Å². The Kier molecular flexibility index (Phi) is 3.19. The van der Waals surface area contributed by atoms with E-state index >= 15 is 0 Å². The van der Waals surface area contributed by atoms with Crippen molar-refractivity contribution in [1.82, 2.24) is 9.36 Å². The molecule has 0 radical (unpaired) electrons.